The number of rotatable bonds is 5. The van der Waals surface area contributed by atoms with Gasteiger partial charge < -0.3 is 9.80 Å². The van der Waals surface area contributed by atoms with Crippen molar-refractivity contribution in [1.82, 2.24) is 4.90 Å². The molecule has 4 rings (SSSR count). The van der Waals surface area contributed by atoms with Gasteiger partial charge in [-0.05, 0) is 81.7 Å². The van der Waals surface area contributed by atoms with Crippen molar-refractivity contribution in [3.05, 3.63) is 53.1 Å². The van der Waals surface area contributed by atoms with Crippen molar-refractivity contribution < 1.29 is 13.2 Å². The lowest BCUT2D eigenvalue weighted by Gasteiger charge is -2.30. The van der Waals surface area contributed by atoms with Gasteiger partial charge in [-0.2, -0.15) is 12.7 Å². The smallest absolute Gasteiger partial charge is 0.330 e. The Morgan fingerprint density at radius 1 is 1.03 bits per heavy atom. The second-order valence-electron chi connectivity index (χ2n) is 8.73. The van der Waals surface area contributed by atoms with E-state index in [4.69, 9.17) is 0 Å². The quantitative estimate of drug-likeness (QED) is 0.770. The van der Waals surface area contributed by atoms with Crippen LogP contribution in [0.1, 0.15) is 29.5 Å². The summed E-state index contributed by atoms with van der Waals surface area (Å²) in [5, 5.41) is 0. The molecule has 0 aromatic heterocycles. The lowest BCUT2D eigenvalue weighted by molar-refractivity contribution is -0.117. The number of anilines is 3. The zero-order chi connectivity index (χ0) is 22.3. The number of benzene rings is 2. The zero-order valence-corrected chi connectivity index (χ0v) is 19.4. The first-order valence-corrected chi connectivity index (χ1v) is 12.1. The first-order valence-electron chi connectivity index (χ1n) is 10.6. The molecule has 0 radical (unpaired) electrons. The molecule has 0 spiro atoms. The minimum absolute atomic E-state index is 0.173. The minimum atomic E-state index is -4.09. The molecule has 1 fully saturated rings. The number of carbonyl (C=O) groups excluding carboxylic acids is 1. The molecule has 0 saturated carbocycles. The summed E-state index contributed by atoms with van der Waals surface area (Å²) in [6, 6.07) is 11.7. The van der Waals surface area contributed by atoms with E-state index in [1.807, 2.05) is 38.1 Å². The van der Waals surface area contributed by atoms with Crippen LogP contribution in [0.25, 0.3) is 0 Å². The Morgan fingerprint density at radius 2 is 1.81 bits per heavy atom. The van der Waals surface area contributed by atoms with Gasteiger partial charge >= 0.3 is 10.2 Å². The largest absolute Gasteiger partial charge is 0.370 e. The van der Waals surface area contributed by atoms with E-state index < -0.39 is 16.1 Å². The van der Waals surface area contributed by atoms with Gasteiger partial charge in [0.05, 0.1) is 11.4 Å². The van der Waals surface area contributed by atoms with Crippen LogP contribution < -0.4 is 13.9 Å². The summed E-state index contributed by atoms with van der Waals surface area (Å²) in [7, 11) is 0.0657. The Kier molecular flexibility index (Phi) is 5.70. The Morgan fingerprint density at radius 3 is 2.48 bits per heavy atom. The van der Waals surface area contributed by atoms with Crippen molar-refractivity contribution in [2.24, 2.45) is 0 Å². The molecule has 1 atom stereocenters. The monoisotopic (exact) mass is 442 g/mol. The molecule has 1 unspecified atom stereocenters. The molecule has 166 valence electrons. The van der Waals surface area contributed by atoms with Crippen LogP contribution in [0.5, 0.6) is 0 Å². The molecule has 2 aromatic rings. The van der Waals surface area contributed by atoms with Gasteiger partial charge in [0.25, 0.3) is 0 Å². The number of hydrogen-bond acceptors (Lipinski definition) is 5. The summed E-state index contributed by atoms with van der Waals surface area (Å²) >= 11 is 0. The second kappa shape index (κ2) is 8.16. The van der Waals surface area contributed by atoms with E-state index in [0.29, 0.717) is 23.8 Å². The van der Waals surface area contributed by atoms with Crippen LogP contribution in [-0.2, 0) is 21.4 Å². The van der Waals surface area contributed by atoms with Gasteiger partial charge in [0.15, 0.2) is 0 Å². The molecule has 8 heteroatoms. The average Bonchev–Trinajstić information content (AvgIpc) is 3.20. The Labute approximate surface area is 184 Å². The number of fused-ring (bicyclic) bond motifs is 1. The first-order chi connectivity index (χ1) is 14.7. The van der Waals surface area contributed by atoms with Crippen LogP contribution >= 0.6 is 0 Å². The third-order valence-corrected chi connectivity index (χ3v) is 7.75. The van der Waals surface area contributed by atoms with Gasteiger partial charge in [-0.3, -0.25) is 9.52 Å². The summed E-state index contributed by atoms with van der Waals surface area (Å²) < 4.78 is 30.1. The summed E-state index contributed by atoms with van der Waals surface area (Å²) in [5.74, 6) is -0.409. The fourth-order valence-electron chi connectivity index (χ4n) is 4.29. The van der Waals surface area contributed by atoms with Crippen molar-refractivity contribution in [2.45, 2.75) is 39.2 Å². The molecule has 31 heavy (non-hydrogen) atoms. The van der Waals surface area contributed by atoms with Crippen LogP contribution in [-0.4, -0.2) is 52.5 Å². The number of likely N-dealkylation sites (N-methyl/N-ethyl adjacent to an activating group) is 1. The summed E-state index contributed by atoms with van der Waals surface area (Å²) in [6.07, 6.45) is 1.77. The molecule has 1 amide bonds. The van der Waals surface area contributed by atoms with Gasteiger partial charge in [-0.1, -0.05) is 12.1 Å². The normalized spacial score (nSPS) is 19.1. The van der Waals surface area contributed by atoms with Crippen LogP contribution in [0.3, 0.4) is 0 Å². The molecule has 0 aliphatic carbocycles. The van der Waals surface area contributed by atoms with Crippen LogP contribution in [0.15, 0.2) is 36.4 Å². The van der Waals surface area contributed by atoms with Crippen molar-refractivity contribution in [3.8, 4) is 0 Å². The topological polar surface area (TPSA) is 73.0 Å². The maximum absolute atomic E-state index is 13.3. The van der Waals surface area contributed by atoms with Gasteiger partial charge in [0, 0.05) is 31.2 Å². The molecule has 7 nitrogen and oxygen atoms in total. The lowest BCUT2D eigenvalue weighted by atomic mass is 10.0. The van der Waals surface area contributed by atoms with Gasteiger partial charge in [-0.25, -0.2) is 0 Å². The Bertz CT molecular complexity index is 1110. The van der Waals surface area contributed by atoms with Crippen molar-refractivity contribution in [3.63, 3.8) is 0 Å². The summed E-state index contributed by atoms with van der Waals surface area (Å²) in [6.45, 7) is 5.69. The Balaban J connectivity index is 1.66. The second-order valence-corrected chi connectivity index (χ2v) is 10.2. The van der Waals surface area contributed by atoms with Gasteiger partial charge in [0.2, 0.25) is 5.91 Å². The van der Waals surface area contributed by atoms with Crippen molar-refractivity contribution >= 4 is 33.2 Å². The predicted molar refractivity (Wildman–Crippen MR) is 125 cm³/mol. The molecule has 2 aliphatic heterocycles. The van der Waals surface area contributed by atoms with Crippen LogP contribution in [0, 0.1) is 13.8 Å². The lowest BCUT2D eigenvalue weighted by Crippen LogP contribution is -2.43. The molecule has 2 aliphatic rings. The number of aryl methyl sites for hydroxylation is 3. The van der Waals surface area contributed by atoms with Crippen LogP contribution in [0.2, 0.25) is 0 Å². The van der Waals surface area contributed by atoms with Gasteiger partial charge in [-0.15, -0.1) is 0 Å². The van der Waals surface area contributed by atoms with E-state index in [9.17, 15) is 13.2 Å². The molecular formula is C23H30N4O3S. The van der Waals surface area contributed by atoms with Gasteiger partial charge in [0.1, 0.15) is 0 Å². The highest BCUT2D eigenvalue weighted by Crippen LogP contribution is 2.35. The molecule has 2 heterocycles. The highest BCUT2D eigenvalue weighted by Gasteiger charge is 2.35. The average molecular weight is 443 g/mol. The summed E-state index contributed by atoms with van der Waals surface area (Å²) in [4.78, 5) is 17.2. The third-order valence-electron chi connectivity index (χ3n) is 6.38. The SMILES string of the molecule is Cc1ccc(NS(=O)(=O)N2C(=O)CCc3ccc(N4CCC(N(C)C)C4)cc32)cc1C. The van der Waals surface area contributed by atoms with Crippen molar-refractivity contribution in [2.75, 3.05) is 41.1 Å². The number of hydrogen-bond donors (Lipinski definition) is 1. The van der Waals surface area contributed by atoms with E-state index in [1.54, 1.807) is 12.1 Å². The molecule has 1 saturated heterocycles. The van der Waals surface area contributed by atoms with E-state index in [-0.39, 0.29) is 6.42 Å². The molecule has 0 bridgehead atoms. The number of carbonyl (C=O) groups is 1. The highest BCUT2D eigenvalue weighted by atomic mass is 32.2. The number of amides is 1. The summed E-state index contributed by atoms with van der Waals surface area (Å²) in [5.41, 5.74) is 4.79. The zero-order valence-electron chi connectivity index (χ0n) is 18.6. The molecule has 2 aromatic carbocycles. The highest BCUT2D eigenvalue weighted by molar-refractivity contribution is 7.94. The maximum atomic E-state index is 13.3. The third kappa shape index (κ3) is 4.27. The maximum Gasteiger partial charge on any atom is 0.330 e. The number of nitrogens with zero attached hydrogens (tertiary/aromatic N) is 3. The fraction of sp³-hybridized carbons (Fsp3) is 0.435. The standard InChI is InChI=1S/C23H30N4O3S/c1-16-5-8-19(13-17(16)2)24-31(29,30)27-22-14-20(9-6-18(22)7-10-23(27)28)26-12-11-21(15-26)25(3)4/h5-6,8-9,13-14,21,24H,7,10-12,15H2,1-4H3. The Hall–Kier alpha value is -2.58. The van der Waals surface area contributed by atoms with Crippen molar-refractivity contribution in [1.29, 1.82) is 0 Å². The predicted octanol–water partition coefficient (Wildman–Crippen LogP) is 3.08. The van der Waals surface area contributed by atoms with E-state index >= 15 is 0 Å². The first kappa shape index (κ1) is 21.6. The minimum Gasteiger partial charge on any atom is -0.370 e. The van der Waals surface area contributed by atoms with Crippen LogP contribution in [0.4, 0.5) is 17.1 Å². The number of nitrogens with one attached hydrogen (secondary N) is 1. The van der Waals surface area contributed by atoms with E-state index in [2.05, 4.69) is 28.6 Å². The van der Waals surface area contributed by atoms with E-state index in [1.165, 1.54) is 0 Å². The molecule has 1 N–H and O–H groups in total. The van der Waals surface area contributed by atoms with E-state index in [0.717, 1.165) is 46.2 Å². The molecular weight excluding hydrogens is 412 g/mol. The fourth-order valence-corrected chi connectivity index (χ4v) is 5.59.